The van der Waals surface area contributed by atoms with Crippen molar-refractivity contribution in [1.29, 1.82) is 0 Å². The maximum atomic E-state index is 12.6. The molecule has 0 bridgehead atoms. The van der Waals surface area contributed by atoms with Crippen LogP contribution in [0, 0.1) is 0 Å². The van der Waals surface area contributed by atoms with Gasteiger partial charge in [0.05, 0.1) is 34.6 Å². The number of hydrogen-bond donors (Lipinski definition) is 1. The molecule has 1 aliphatic heterocycles. The Kier molecular flexibility index (Phi) is 6.10. The molecule has 1 aromatic carbocycles. The molecule has 1 aliphatic rings. The van der Waals surface area contributed by atoms with Crippen LogP contribution in [-0.2, 0) is 16.6 Å². The van der Waals surface area contributed by atoms with E-state index in [1.54, 1.807) is 25.3 Å². The van der Waals surface area contributed by atoms with Crippen LogP contribution in [0.4, 0.5) is 5.82 Å². The van der Waals surface area contributed by atoms with Gasteiger partial charge in [0.1, 0.15) is 11.4 Å². The fraction of sp³-hybridized carbons (Fsp3) is 0.429. The quantitative estimate of drug-likeness (QED) is 0.608. The molecule has 0 radical (unpaired) electrons. The van der Waals surface area contributed by atoms with E-state index in [4.69, 9.17) is 9.72 Å². The Morgan fingerprint density at radius 2 is 2.03 bits per heavy atom. The Bertz CT molecular complexity index is 1020. The minimum absolute atomic E-state index is 0.164. The van der Waals surface area contributed by atoms with E-state index >= 15 is 0 Å². The highest BCUT2D eigenvalue weighted by atomic mass is 32.1. The van der Waals surface area contributed by atoms with E-state index in [-0.39, 0.29) is 24.6 Å². The summed E-state index contributed by atoms with van der Waals surface area (Å²) in [5.74, 6) is 0.150. The van der Waals surface area contributed by atoms with E-state index in [1.807, 2.05) is 12.1 Å². The van der Waals surface area contributed by atoms with Gasteiger partial charge in [0.2, 0.25) is 5.91 Å². The molecule has 0 spiro atoms. The monoisotopic (exact) mass is 427 g/mol. The SMILES string of the molecule is CCOC(=O)c1cnn(C)c1NC(=O)CN1CCC(c2nc3ccccc3s2)CC1. The Morgan fingerprint density at radius 1 is 1.27 bits per heavy atom. The van der Waals surface area contributed by atoms with Crippen molar-refractivity contribution in [3.05, 3.63) is 41.0 Å². The number of amides is 1. The summed E-state index contributed by atoms with van der Waals surface area (Å²) in [4.78, 5) is 31.5. The fourth-order valence-corrected chi connectivity index (χ4v) is 4.86. The summed E-state index contributed by atoms with van der Waals surface area (Å²) in [6, 6.07) is 8.22. The molecule has 3 heterocycles. The number of carbonyl (C=O) groups is 2. The molecular formula is C21H25N5O3S. The highest BCUT2D eigenvalue weighted by Gasteiger charge is 2.25. The van der Waals surface area contributed by atoms with E-state index < -0.39 is 5.97 Å². The molecule has 2 aromatic heterocycles. The Labute approximate surface area is 178 Å². The summed E-state index contributed by atoms with van der Waals surface area (Å²) in [5.41, 5.74) is 1.33. The third kappa shape index (κ3) is 4.36. The molecule has 30 heavy (non-hydrogen) atoms. The van der Waals surface area contributed by atoms with E-state index in [9.17, 15) is 9.59 Å². The van der Waals surface area contributed by atoms with Crippen molar-refractivity contribution >= 4 is 39.2 Å². The second-order valence-corrected chi connectivity index (χ2v) is 8.43. The number of fused-ring (bicyclic) bond motifs is 1. The number of aryl methyl sites for hydroxylation is 1. The molecule has 0 saturated carbocycles. The number of benzene rings is 1. The third-order valence-corrected chi connectivity index (χ3v) is 6.51. The Morgan fingerprint density at radius 3 is 2.77 bits per heavy atom. The van der Waals surface area contributed by atoms with Crippen molar-refractivity contribution < 1.29 is 14.3 Å². The zero-order valence-corrected chi connectivity index (χ0v) is 17.9. The molecule has 8 nitrogen and oxygen atoms in total. The van der Waals surface area contributed by atoms with Crippen LogP contribution in [0.1, 0.15) is 41.0 Å². The van der Waals surface area contributed by atoms with E-state index in [1.165, 1.54) is 20.6 Å². The molecule has 3 aromatic rings. The number of nitrogens with one attached hydrogen (secondary N) is 1. The predicted molar refractivity (Wildman–Crippen MR) is 116 cm³/mol. The first kappa shape index (κ1) is 20.5. The van der Waals surface area contributed by atoms with Gasteiger partial charge in [-0.1, -0.05) is 12.1 Å². The number of para-hydroxylation sites is 1. The zero-order chi connectivity index (χ0) is 21.1. The number of nitrogens with zero attached hydrogens (tertiary/aromatic N) is 4. The molecule has 4 rings (SSSR count). The van der Waals surface area contributed by atoms with Crippen LogP contribution < -0.4 is 5.32 Å². The first-order chi connectivity index (χ1) is 14.5. The largest absolute Gasteiger partial charge is 0.462 e. The predicted octanol–water partition coefficient (Wildman–Crippen LogP) is 3.02. The highest BCUT2D eigenvalue weighted by molar-refractivity contribution is 7.18. The summed E-state index contributed by atoms with van der Waals surface area (Å²) in [5, 5.41) is 8.07. The van der Waals surface area contributed by atoms with Gasteiger partial charge in [-0.05, 0) is 45.0 Å². The minimum atomic E-state index is -0.488. The van der Waals surface area contributed by atoms with Crippen molar-refractivity contribution in [2.24, 2.45) is 7.05 Å². The van der Waals surface area contributed by atoms with Gasteiger partial charge in [0, 0.05) is 13.0 Å². The van der Waals surface area contributed by atoms with Gasteiger partial charge in [-0.15, -0.1) is 11.3 Å². The smallest absolute Gasteiger partial charge is 0.343 e. The van der Waals surface area contributed by atoms with E-state index in [2.05, 4.69) is 27.4 Å². The highest BCUT2D eigenvalue weighted by Crippen LogP contribution is 2.33. The van der Waals surface area contributed by atoms with Gasteiger partial charge >= 0.3 is 5.97 Å². The summed E-state index contributed by atoms with van der Waals surface area (Å²) >= 11 is 1.77. The van der Waals surface area contributed by atoms with Gasteiger partial charge in [-0.2, -0.15) is 5.10 Å². The molecule has 0 atom stereocenters. The van der Waals surface area contributed by atoms with Crippen LogP contribution in [0.2, 0.25) is 0 Å². The third-order valence-electron chi connectivity index (χ3n) is 5.31. The number of esters is 1. The average Bonchev–Trinajstić information content (AvgIpc) is 3.33. The number of thiazole rings is 1. The molecular weight excluding hydrogens is 402 g/mol. The van der Waals surface area contributed by atoms with Crippen LogP contribution in [0.5, 0.6) is 0 Å². The second-order valence-electron chi connectivity index (χ2n) is 7.37. The number of carbonyl (C=O) groups excluding carboxylic acids is 2. The Balaban J connectivity index is 1.33. The maximum Gasteiger partial charge on any atom is 0.343 e. The molecule has 0 aliphatic carbocycles. The number of piperidine rings is 1. The number of likely N-dealkylation sites (tertiary alicyclic amines) is 1. The average molecular weight is 428 g/mol. The molecule has 1 N–H and O–H groups in total. The summed E-state index contributed by atoms with van der Waals surface area (Å²) in [7, 11) is 1.68. The number of anilines is 1. The van der Waals surface area contributed by atoms with Crippen LogP contribution in [0.3, 0.4) is 0 Å². The van der Waals surface area contributed by atoms with Crippen molar-refractivity contribution in [3.8, 4) is 0 Å². The van der Waals surface area contributed by atoms with Crippen molar-refractivity contribution in [1.82, 2.24) is 19.7 Å². The standard InChI is InChI=1S/C21H25N5O3S/c1-3-29-21(28)15-12-22-25(2)19(15)24-18(27)13-26-10-8-14(9-11-26)20-23-16-6-4-5-7-17(16)30-20/h4-7,12,14H,3,8-11,13H2,1-2H3,(H,24,27). The molecule has 1 fully saturated rings. The number of ether oxygens (including phenoxy) is 1. The van der Waals surface area contributed by atoms with Crippen LogP contribution in [0.15, 0.2) is 30.5 Å². The van der Waals surface area contributed by atoms with E-state index in [0.717, 1.165) is 31.4 Å². The second kappa shape index (κ2) is 8.93. The van der Waals surface area contributed by atoms with Gasteiger partial charge in [0.15, 0.2) is 0 Å². The molecule has 0 unspecified atom stereocenters. The van der Waals surface area contributed by atoms with Crippen molar-refractivity contribution in [3.63, 3.8) is 0 Å². The van der Waals surface area contributed by atoms with Crippen molar-refractivity contribution in [2.75, 3.05) is 31.6 Å². The van der Waals surface area contributed by atoms with E-state index in [0.29, 0.717) is 11.7 Å². The molecule has 1 amide bonds. The Hall–Kier alpha value is -2.78. The molecule has 158 valence electrons. The van der Waals surface area contributed by atoms with Gasteiger partial charge in [0.25, 0.3) is 0 Å². The fourth-order valence-electron chi connectivity index (χ4n) is 3.72. The lowest BCUT2D eigenvalue weighted by atomic mass is 9.97. The number of hydrogen-bond acceptors (Lipinski definition) is 7. The van der Waals surface area contributed by atoms with Gasteiger partial charge in [-0.25, -0.2) is 9.78 Å². The van der Waals surface area contributed by atoms with Crippen molar-refractivity contribution in [2.45, 2.75) is 25.7 Å². The zero-order valence-electron chi connectivity index (χ0n) is 17.1. The first-order valence-corrected chi connectivity index (χ1v) is 10.9. The summed E-state index contributed by atoms with van der Waals surface area (Å²) in [6.45, 7) is 3.96. The molecule has 1 saturated heterocycles. The summed E-state index contributed by atoms with van der Waals surface area (Å²) in [6.07, 6.45) is 3.37. The first-order valence-electron chi connectivity index (χ1n) is 10.1. The number of rotatable bonds is 6. The summed E-state index contributed by atoms with van der Waals surface area (Å²) < 4.78 is 7.73. The van der Waals surface area contributed by atoms with Gasteiger partial charge in [-0.3, -0.25) is 14.4 Å². The van der Waals surface area contributed by atoms with Crippen LogP contribution in [-0.4, -0.2) is 57.8 Å². The lowest BCUT2D eigenvalue weighted by molar-refractivity contribution is -0.117. The maximum absolute atomic E-state index is 12.6. The minimum Gasteiger partial charge on any atom is -0.462 e. The van der Waals surface area contributed by atoms with Crippen LogP contribution in [0.25, 0.3) is 10.2 Å². The molecule has 9 heteroatoms. The van der Waals surface area contributed by atoms with Crippen LogP contribution >= 0.6 is 11.3 Å². The lowest BCUT2D eigenvalue weighted by Gasteiger charge is -2.30. The number of aromatic nitrogens is 3. The van der Waals surface area contributed by atoms with Gasteiger partial charge < -0.3 is 10.1 Å². The lowest BCUT2D eigenvalue weighted by Crippen LogP contribution is -2.39. The topological polar surface area (TPSA) is 89.3 Å². The normalized spacial score (nSPS) is 15.4.